The summed E-state index contributed by atoms with van der Waals surface area (Å²) >= 11 is 1.96. The molecule has 0 fully saturated rings. The average molecular weight is 516 g/mol. The molecule has 0 aliphatic carbocycles. The third-order valence-corrected chi connectivity index (χ3v) is 5.25. The number of rotatable bonds is 5. The zero-order chi connectivity index (χ0) is 21.3. The van der Waals surface area contributed by atoms with Gasteiger partial charge in [0, 0.05) is 9.61 Å². The molecule has 1 heterocycles. The Bertz CT molecular complexity index is 1030. The van der Waals surface area contributed by atoms with Crippen molar-refractivity contribution in [3.63, 3.8) is 0 Å². The molecule has 9 heteroatoms. The maximum absolute atomic E-state index is 14.6. The first-order chi connectivity index (χ1) is 13.6. The molecule has 0 bridgehead atoms. The summed E-state index contributed by atoms with van der Waals surface area (Å²) in [7, 11) is 0. The van der Waals surface area contributed by atoms with Gasteiger partial charge < -0.3 is 15.1 Å². The lowest BCUT2D eigenvalue weighted by Gasteiger charge is -2.26. The third kappa shape index (κ3) is 4.82. The van der Waals surface area contributed by atoms with E-state index < -0.39 is 17.5 Å². The van der Waals surface area contributed by atoms with E-state index in [9.17, 15) is 13.2 Å². The highest BCUT2D eigenvalue weighted by Gasteiger charge is 2.24. The monoisotopic (exact) mass is 516 g/mol. The fourth-order valence-corrected chi connectivity index (χ4v) is 2.82. The largest absolute Gasteiger partial charge is 0.403 e. The van der Waals surface area contributed by atoms with Gasteiger partial charge in [0.25, 0.3) is 5.89 Å². The molecule has 3 aromatic rings. The van der Waals surface area contributed by atoms with Crippen molar-refractivity contribution in [2.45, 2.75) is 33.7 Å². The van der Waals surface area contributed by atoms with Crippen LogP contribution in [0.25, 0.3) is 11.5 Å². The highest BCUT2D eigenvalue weighted by Crippen LogP contribution is 2.35. The van der Waals surface area contributed by atoms with Crippen molar-refractivity contribution in [2.24, 2.45) is 5.41 Å². The van der Waals surface area contributed by atoms with Gasteiger partial charge in [-0.1, -0.05) is 25.9 Å². The summed E-state index contributed by atoms with van der Waals surface area (Å²) in [5.41, 5.74) is -0.239. The minimum absolute atomic E-state index is 0.00427. The summed E-state index contributed by atoms with van der Waals surface area (Å²) in [6, 6.07) is 6.79. The van der Waals surface area contributed by atoms with Crippen LogP contribution in [0.1, 0.15) is 27.7 Å². The van der Waals surface area contributed by atoms with Crippen molar-refractivity contribution in [1.29, 1.82) is 0 Å². The molecule has 0 saturated carbocycles. The molecule has 0 spiro atoms. The zero-order valence-electron chi connectivity index (χ0n) is 16.3. The smallest absolute Gasteiger partial charge is 0.315 e. The van der Waals surface area contributed by atoms with Crippen LogP contribution >= 0.6 is 22.6 Å². The lowest BCUT2D eigenvalue weighted by Crippen LogP contribution is -2.30. The van der Waals surface area contributed by atoms with E-state index in [0.717, 1.165) is 6.07 Å². The summed E-state index contributed by atoms with van der Waals surface area (Å²) in [6.07, 6.45) is 0. The molecule has 5 nitrogen and oxygen atoms in total. The maximum Gasteiger partial charge on any atom is 0.315 e. The maximum atomic E-state index is 14.6. The van der Waals surface area contributed by atoms with Gasteiger partial charge in [-0.25, -0.2) is 13.2 Å². The van der Waals surface area contributed by atoms with E-state index in [1.807, 2.05) is 29.5 Å². The van der Waals surface area contributed by atoms with Gasteiger partial charge in [-0.3, -0.25) is 0 Å². The van der Waals surface area contributed by atoms with Gasteiger partial charge in [-0.15, -0.1) is 5.10 Å². The van der Waals surface area contributed by atoms with Crippen LogP contribution in [-0.4, -0.2) is 16.2 Å². The third-order valence-electron chi connectivity index (χ3n) is 4.58. The number of nitrogens with zero attached hydrogens (tertiary/aromatic N) is 2. The van der Waals surface area contributed by atoms with Crippen molar-refractivity contribution >= 4 is 40.0 Å². The molecule has 1 atom stereocenters. The van der Waals surface area contributed by atoms with Gasteiger partial charge in [-0.2, -0.15) is 0 Å². The highest BCUT2D eigenvalue weighted by molar-refractivity contribution is 14.1. The quantitative estimate of drug-likeness (QED) is 0.387. The Balaban J connectivity index is 1.97. The highest BCUT2D eigenvalue weighted by atomic mass is 127. The summed E-state index contributed by atoms with van der Waals surface area (Å²) < 4.78 is 48.9. The van der Waals surface area contributed by atoms with Crippen molar-refractivity contribution < 1.29 is 17.6 Å². The van der Waals surface area contributed by atoms with E-state index >= 15 is 0 Å². The second-order valence-electron chi connectivity index (χ2n) is 7.68. The van der Waals surface area contributed by atoms with Crippen molar-refractivity contribution in [2.75, 3.05) is 10.6 Å². The van der Waals surface area contributed by atoms with Gasteiger partial charge in [-0.05, 0) is 65.3 Å². The fourth-order valence-electron chi connectivity index (χ4n) is 2.37. The van der Waals surface area contributed by atoms with Crippen LogP contribution in [0.15, 0.2) is 34.7 Å². The topological polar surface area (TPSA) is 63.0 Å². The second-order valence-corrected chi connectivity index (χ2v) is 8.92. The van der Waals surface area contributed by atoms with Crippen LogP contribution in [0.4, 0.5) is 30.6 Å². The molecule has 2 N–H and O–H groups in total. The van der Waals surface area contributed by atoms with E-state index in [4.69, 9.17) is 4.42 Å². The predicted octanol–water partition coefficient (Wildman–Crippen LogP) is 6.35. The normalized spacial score (nSPS) is 12.7. The zero-order valence-corrected chi connectivity index (χ0v) is 18.4. The van der Waals surface area contributed by atoms with E-state index in [-0.39, 0.29) is 40.3 Å². The molecule has 1 unspecified atom stereocenters. The Hall–Kier alpha value is -2.30. The van der Waals surface area contributed by atoms with Crippen LogP contribution < -0.4 is 10.6 Å². The molecule has 2 aromatic carbocycles. The first-order valence-corrected chi connectivity index (χ1v) is 9.94. The van der Waals surface area contributed by atoms with Crippen LogP contribution in [-0.2, 0) is 0 Å². The van der Waals surface area contributed by atoms with Crippen LogP contribution in [0.3, 0.4) is 0 Å². The number of anilines is 3. The lowest BCUT2D eigenvalue weighted by atomic mass is 9.88. The number of aromatic nitrogens is 2. The standard InChI is InChI=1S/C20H20F3IN4O/c1-10(20(2,3)4)25-19-28-27-18(29-19)12-6-7-13(21)16(23)17(12)26-15-8-5-11(24)9-14(15)22/h5-10,26H,1-4H3,(H,25,28). The molecule has 0 radical (unpaired) electrons. The minimum atomic E-state index is -1.17. The first-order valence-electron chi connectivity index (χ1n) is 8.86. The van der Waals surface area contributed by atoms with E-state index in [1.54, 1.807) is 6.07 Å². The average Bonchev–Trinajstić information content (AvgIpc) is 3.08. The molecule has 0 saturated heterocycles. The Kier molecular flexibility index (Phi) is 6.06. The molecule has 154 valence electrons. The number of benzene rings is 2. The Labute approximate surface area is 180 Å². The molecular weight excluding hydrogens is 496 g/mol. The molecule has 0 aliphatic rings. The summed E-state index contributed by atoms with van der Waals surface area (Å²) in [5, 5.41) is 13.6. The number of nitrogens with one attached hydrogen (secondary N) is 2. The molecule has 0 aliphatic heterocycles. The molecule has 3 rings (SSSR count). The first kappa shape index (κ1) is 21.4. The summed E-state index contributed by atoms with van der Waals surface area (Å²) in [5.74, 6) is -2.88. The summed E-state index contributed by atoms with van der Waals surface area (Å²) in [6.45, 7) is 8.12. The van der Waals surface area contributed by atoms with Gasteiger partial charge in [0.1, 0.15) is 5.82 Å². The van der Waals surface area contributed by atoms with E-state index in [0.29, 0.717) is 3.57 Å². The van der Waals surface area contributed by atoms with Gasteiger partial charge in [0.15, 0.2) is 11.6 Å². The second kappa shape index (κ2) is 8.21. The van der Waals surface area contributed by atoms with Crippen LogP contribution in [0.5, 0.6) is 0 Å². The Morgan fingerprint density at radius 2 is 1.76 bits per heavy atom. The molecule has 0 amide bonds. The van der Waals surface area contributed by atoms with Crippen molar-refractivity contribution in [1.82, 2.24) is 10.2 Å². The minimum Gasteiger partial charge on any atom is -0.403 e. The SMILES string of the molecule is CC(Nc1nnc(-c2ccc(F)c(F)c2Nc2ccc(I)cc2F)o1)C(C)(C)C. The number of hydrogen-bond donors (Lipinski definition) is 2. The predicted molar refractivity (Wildman–Crippen MR) is 115 cm³/mol. The number of halogens is 4. The van der Waals surface area contributed by atoms with E-state index in [2.05, 4.69) is 41.6 Å². The lowest BCUT2D eigenvalue weighted by molar-refractivity contribution is 0.352. The van der Waals surface area contributed by atoms with Crippen molar-refractivity contribution in [3.05, 3.63) is 51.4 Å². The van der Waals surface area contributed by atoms with Gasteiger partial charge in [0.05, 0.1) is 16.9 Å². The molecule has 29 heavy (non-hydrogen) atoms. The van der Waals surface area contributed by atoms with Gasteiger partial charge in [0.2, 0.25) is 0 Å². The fraction of sp³-hybridized carbons (Fsp3) is 0.300. The van der Waals surface area contributed by atoms with E-state index in [1.165, 1.54) is 18.2 Å². The van der Waals surface area contributed by atoms with Crippen LogP contribution in [0, 0.1) is 26.4 Å². The Morgan fingerprint density at radius 3 is 2.41 bits per heavy atom. The molecular formula is C20H20F3IN4O. The Morgan fingerprint density at radius 1 is 1.03 bits per heavy atom. The van der Waals surface area contributed by atoms with Crippen LogP contribution in [0.2, 0.25) is 0 Å². The molecule has 1 aromatic heterocycles. The van der Waals surface area contributed by atoms with Gasteiger partial charge >= 0.3 is 6.01 Å². The van der Waals surface area contributed by atoms with Crippen molar-refractivity contribution in [3.8, 4) is 11.5 Å². The number of hydrogen-bond acceptors (Lipinski definition) is 5. The summed E-state index contributed by atoms with van der Waals surface area (Å²) in [4.78, 5) is 0.